The number of carboxylic acid groups (broad SMARTS) is 1. The van der Waals surface area contributed by atoms with E-state index in [2.05, 4.69) is 36.7 Å². The van der Waals surface area contributed by atoms with Crippen LogP contribution in [0.1, 0.15) is 32.1 Å². The van der Waals surface area contributed by atoms with Crippen molar-refractivity contribution in [3.63, 3.8) is 0 Å². The first kappa shape index (κ1) is 23.2. The minimum Gasteiger partial charge on any atom is -0.480 e. The first-order chi connectivity index (χ1) is 14.5. The topological polar surface area (TPSA) is 176 Å². The lowest BCUT2D eigenvalue weighted by molar-refractivity contribution is -0.138. The monoisotopic (exact) mass is 418 g/mol. The van der Waals surface area contributed by atoms with E-state index in [1.165, 1.54) is 12.4 Å². The van der Waals surface area contributed by atoms with Gasteiger partial charge < -0.3 is 31.8 Å². The van der Waals surface area contributed by atoms with Crippen molar-refractivity contribution in [1.82, 2.24) is 25.3 Å². The molecule has 11 nitrogen and oxygen atoms in total. The maximum absolute atomic E-state index is 11.4. The largest absolute Gasteiger partial charge is 0.480 e. The van der Waals surface area contributed by atoms with E-state index in [4.69, 9.17) is 16.6 Å². The molecule has 2 aromatic heterocycles. The lowest BCUT2D eigenvalue weighted by Crippen LogP contribution is -2.47. The van der Waals surface area contributed by atoms with E-state index < -0.39 is 12.0 Å². The number of hydrogen-bond donors (Lipinski definition) is 5. The van der Waals surface area contributed by atoms with E-state index >= 15 is 0 Å². The maximum Gasteiger partial charge on any atom is 0.320 e. The van der Waals surface area contributed by atoms with Gasteiger partial charge in [0.05, 0.1) is 6.33 Å². The van der Waals surface area contributed by atoms with Crippen LogP contribution in [0.5, 0.6) is 0 Å². The standard InChI is InChI=1S/C13H16N6O.C6H14N2O2/c1-2-10(20)18-9-4-3-5-19(6-9)13-11-12(15-7-14-11)16-8-17-13;7-4-2-1-3-5(8)6(9)10/h2,7-9H,1,3-6H2,(H,18,20)(H,14,15,16,17);5H,1-4,7-8H2,(H,9,10)/t9-;5-/m10/s1. The summed E-state index contributed by atoms with van der Waals surface area (Å²) in [6.07, 6.45) is 8.57. The zero-order valence-corrected chi connectivity index (χ0v) is 17.0. The molecule has 1 saturated heterocycles. The number of anilines is 1. The summed E-state index contributed by atoms with van der Waals surface area (Å²) in [5, 5.41) is 11.3. The van der Waals surface area contributed by atoms with E-state index in [0.717, 1.165) is 55.8 Å². The van der Waals surface area contributed by atoms with E-state index in [-0.39, 0.29) is 11.9 Å². The number of nitrogens with two attached hydrogens (primary N) is 2. The molecule has 2 atom stereocenters. The van der Waals surface area contributed by atoms with E-state index in [1.54, 1.807) is 6.33 Å². The third kappa shape index (κ3) is 6.78. The minimum absolute atomic E-state index is 0.109. The summed E-state index contributed by atoms with van der Waals surface area (Å²) >= 11 is 0. The summed E-state index contributed by atoms with van der Waals surface area (Å²) < 4.78 is 0. The second-order valence-corrected chi connectivity index (χ2v) is 7.02. The number of amides is 1. The van der Waals surface area contributed by atoms with E-state index in [1.807, 2.05) is 0 Å². The normalized spacial score (nSPS) is 17.0. The molecule has 0 aromatic carbocycles. The van der Waals surface area contributed by atoms with Crippen molar-refractivity contribution in [1.29, 1.82) is 0 Å². The number of piperidine rings is 1. The van der Waals surface area contributed by atoms with Gasteiger partial charge in [-0.1, -0.05) is 13.0 Å². The van der Waals surface area contributed by atoms with Crippen LogP contribution in [0.15, 0.2) is 25.3 Å². The molecule has 0 bridgehead atoms. The Balaban J connectivity index is 0.000000274. The Hall–Kier alpha value is -3.05. The van der Waals surface area contributed by atoms with Gasteiger partial charge in [-0.3, -0.25) is 9.59 Å². The van der Waals surface area contributed by atoms with Gasteiger partial charge in [-0.15, -0.1) is 0 Å². The first-order valence-electron chi connectivity index (χ1n) is 9.96. The second kappa shape index (κ2) is 11.8. The number of nitrogens with zero attached hydrogens (tertiary/aromatic N) is 4. The van der Waals surface area contributed by atoms with E-state index in [0.29, 0.717) is 13.0 Å². The summed E-state index contributed by atoms with van der Waals surface area (Å²) in [5.41, 5.74) is 11.9. The number of aliphatic carboxylic acids is 1. The van der Waals surface area contributed by atoms with Gasteiger partial charge in [-0.25, -0.2) is 15.0 Å². The first-order valence-corrected chi connectivity index (χ1v) is 9.96. The predicted octanol–water partition coefficient (Wildman–Crippen LogP) is 0.151. The number of fused-ring (bicyclic) bond motifs is 1. The molecule has 0 radical (unpaired) electrons. The number of carboxylic acids is 1. The Labute approximate surface area is 175 Å². The Morgan fingerprint density at radius 3 is 2.90 bits per heavy atom. The summed E-state index contributed by atoms with van der Waals surface area (Å²) in [4.78, 5) is 39.4. The van der Waals surface area contributed by atoms with Crippen LogP contribution in [-0.4, -0.2) is 68.6 Å². The maximum atomic E-state index is 11.4. The molecule has 30 heavy (non-hydrogen) atoms. The molecule has 164 valence electrons. The van der Waals surface area contributed by atoms with Crippen LogP contribution in [0.2, 0.25) is 0 Å². The third-order valence-corrected chi connectivity index (χ3v) is 4.74. The van der Waals surface area contributed by atoms with Gasteiger partial charge in [0.1, 0.15) is 17.9 Å². The molecule has 0 saturated carbocycles. The lowest BCUT2D eigenvalue weighted by atomic mass is 10.1. The summed E-state index contributed by atoms with van der Waals surface area (Å²) in [5.74, 6) is -0.254. The molecular weight excluding hydrogens is 388 g/mol. The molecular formula is C19H30N8O3. The Morgan fingerprint density at radius 1 is 1.40 bits per heavy atom. The summed E-state index contributed by atoms with van der Waals surface area (Å²) in [6.45, 7) is 5.70. The average molecular weight is 419 g/mol. The molecule has 1 amide bonds. The van der Waals surface area contributed by atoms with Gasteiger partial charge in [-0.05, 0) is 38.3 Å². The third-order valence-electron chi connectivity index (χ3n) is 4.74. The van der Waals surface area contributed by atoms with Crippen LogP contribution in [0.4, 0.5) is 5.82 Å². The van der Waals surface area contributed by atoms with Crippen molar-refractivity contribution in [2.75, 3.05) is 24.5 Å². The van der Waals surface area contributed by atoms with Crippen molar-refractivity contribution >= 4 is 28.9 Å². The zero-order valence-electron chi connectivity index (χ0n) is 17.0. The number of aromatic nitrogens is 4. The van der Waals surface area contributed by atoms with Crippen molar-refractivity contribution in [2.45, 2.75) is 44.2 Å². The van der Waals surface area contributed by atoms with Gasteiger partial charge in [0.15, 0.2) is 11.5 Å². The van der Waals surface area contributed by atoms with Crippen LogP contribution in [0.25, 0.3) is 11.2 Å². The molecule has 7 N–H and O–H groups in total. The molecule has 0 spiro atoms. The molecule has 1 aliphatic heterocycles. The molecule has 3 heterocycles. The smallest absolute Gasteiger partial charge is 0.320 e. The molecule has 0 aliphatic carbocycles. The van der Waals surface area contributed by atoms with Crippen molar-refractivity contribution in [2.24, 2.45) is 11.5 Å². The van der Waals surface area contributed by atoms with Gasteiger partial charge in [0, 0.05) is 19.1 Å². The number of carbonyl (C=O) groups excluding carboxylic acids is 1. The molecule has 1 aliphatic rings. The van der Waals surface area contributed by atoms with Gasteiger partial charge in [0.25, 0.3) is 0 Å². The molecule has 1 fully saturated rings. The number of imidazole rings is 1. The molecule has 3 rings (SSSR count). The molecule has 0 unspecified atom stereocenters. The molecule has 2 aromatic rings. The van der Waals surface area contributed by atoms with E-state index in [9.17, 15) is 9.59 Å². The minimum atomic E-state index is -0.933. The van der Waals surface area contributed by atoms with Gasteiger partial charge >= 0.3 is 5.97 Å². The van der Waals surface area contributed by atoms with Crippen LogP contribution in [0, 0.1) is 0 Å². The highest BCUT2D eigenvalue weighted by molar-refractivity contribution is 5.87. The number of aromatic amines is 1. The Bertz CT molecular complexity index is 840. The lowest BCUT2D eigenvalue weighted by Gasteiger charge is -2.33. The van der Waals surface area contributed by atoms with Crippen molar-refractivity contribution in [3.8, 4) is 0 Å². The summed E-state index contributed by atoms with van der Waals surface area (Å²) in [6, 6.07) is -0.607. The van der Waals surface area contributed by atoms with Crippen LogP contribution in [-0.2, 0) is 9.59 Å². The zero-order chi connectivity index (χ0) is 21.9. The van der Waals surface area contributed by atoms with Crippen LogP contribution in [0.3, 0.4) is 0 Å². The number of H-pyrrole nitrogens is 1. The SMILES string of the molecule is C=CC(=O)N[C@@H]1CCCN(c2ncnc3[nH]cnc23)C1.NCCCC[C@H](N)C(=O)O. The summed E-state index contributed by atoms with van der Waals surface area (Å²) in [7, 11) is 0. The van der Waals surface area contributed by atoms with Crippen molar-refractivity contribution < 1.29 is 14.7 Å². The second-order valence-electron chi connectivity index (χ2n) is 7.02. The highest BCUT2D eigenvalue weighted by Crippen LogP contribution is 2.23. The van der Waals surface area contributed by atoms with Crippen LogP contribution >= 0.6 is 0 Å². The highest BCUT2D eigenvalue weighted by atomic mass is 16.4. The van der Waals surface area contributed by atoms with Gasteiger partial charge in [-0.2, -0.15) is 0 Å². The fraction of sp³-hybridized carbons (Fsp3) is 0.526. The quantitative estimate of drug-likeness (QED) is 0.295. The van der Waals surface area contributed by atoms with Gasteiger partial charge in [0.2, 0.25) is 5.91 Å². The number of unbranched alkanes of at least 4 members (excludes halogenated alkanes) is 1. The highest BCUT2D eigenvalue weighted by Gasteiger charge is 2.23. The fourth-order valence-electron chi connectivity index (χ4n) is 3.16. The predicted molar refractivity (Wildman–Crippen MR) is 114 cm³/mol. The van der Waals surface area contributed by atoms with Crippen molar-refractivity contribution in [3.05, 3.63) is 25.3 Å². The fourth-order valence-corrected chi connectivity index (χ4v) is 3.16. The average Bonchev–Trinajstić information content (AvgIpc) is 3.23. The number of rotatable bonds is 8. The van der Waals surface area contributed by atoms with Crippen LogP contribution < -0.4 is 21.7 Å². The Morgan fingerprint density at radius 2 is 2.20 bits per heavy atom. The number of carbonyl (C=O) groups is 2. The Kier molecular flexibility index (Phi) is 9.16. The number of nitrogens with one attached hydrogen (secondary N) is 2. The molecule has 11 heteroatoms. The number of hydrogen-bond acceptors (Lipinski definition) is 8.